The van der Waals surface area contributed by atoms with Crippen LogP contribution in [-0.2, 0) is 0 Å². The molecule has 0 spiro atoms. The predicted octanol–water partition coefficient (Wildman–Crippen LogP) is -2.85. The van der Waals surface area contributed by atoms with E-state index < -0.39 is 11.4 Å². The van der Waals surface area contributed by atoms with Gasteiger partial charge in [-0.2, -0.15) is 0 Å². The molecular weight excluding hydrogens is 106 g/mol. The first-order valence-corrected chi connectivity index (χ1v) is 2.19. The van der Waals surface area contributed by atoms with Gasteiger partial charge in [0, 0.05) is 0 Å². The van der Waals surface area contributed by atoms with E-state index >= 15 is 0 Å². The highest BCUT2D eigenvalue weighted by molar-refractivity contribution is 4.89. The van der Waals surface area contributed by atoms with E-state index in [4.69, 9.17) is 28.7 Å². The molecule has 0 saturated carbocycles. The summed E-state index contributed by atoms with van der Waals surface area (Å²) >= 11 is 0. The van der Waals surface area contributed by atoms with Crippen molar-refractivity contribution in [2.24, 2.45) is 28.7 Å². The highest BCUT2D eigenvalue weighted by atomic mass is 15.2. The van der Waals surface area contributed by atoms with Gasteiger partial charge in [0.2, 0.25) is 0 Å². The zero-order valence-electron chi connectivity index (χ0n) is 4.89. The fourth-order valence-corrected chi connectivity index (χ4v) is 0. The Kier molecular flexibility index (Phi) is 1.60. The molecule has 0 fully saturated rings. The topological polar surface area (TPSA) is 130 Å². The summed E-state index contributed by atoms with van der Waals surface area (Å²) < 4.78 is 0. The summed E-state index contributed by atoms with van der Waals surface area (Å²) in [5, 5.41) is 0. The predicted molar refractivity (Wildman–Crippen MR) is 32.1 cm³/mol. The van der Waals surface area contributed by atoms with E-state index in [1.165, 1.54) is 6.92 Å². The monoisotopic (exact) mass is 119 g/mol. The van der Waals surface area contributed by atoms with Crippen LogP contribution < -0.4 is 28.7 Å². The van der Waals surface area contributed by atoms with Crippen molar-refractivity contribution in [1.29, 1.82) is 0 Å². The van der Waals surface area contributed by atoms with Gasteiger partial charge in [-0.05, 0) is 6.92 Å². The largest absolute Gasteiger partial charge is 0.310 e. The third-order valence-electron chi connectivity index (χ3n) is 0.933. The lowest BCUT2D eigenvalue weighted by Gasteiger charge is -2.32. The molecule has 0 aliphatic rings. The quantitative estimate of drug-likeness (QED) is 0.237. The van der Waals surface area contributed by atoms with Crippen LogP contribution in [0, 0.1) is 0 Å². The average Bonchev–Trinajstić information content (AvgIpc) is 1.25. The van der Waals surface area contributed by atoms with Crippen LogP contribution >= 0.6 is 0 Å². The standard InChI is InChI=1S/C3H13N5/c1-2(4,5)3(6,7)8/h4-8H2,1H3. The molecule has 0 unspecified atom stereocenters. The Labute approximate surface area is 48.2 Å². The molecule has 8 heavy (non-hydrogen) atoms. The Morgan fingerprint density at radius 2 is 1.00 bits per heavy atom. The fraction of sp³-hybridized carbons (Fsp3) is 1.00. The molecule has 0 rings (SSSR count). The second-order valence-corrected chi connectivity index (χ2v) is 2.22. The van der Waals surface area contributed by atoms with Crippen molar-refractivity contribution in [2.75, 3.05) is 0 Å². The molecule has 0 radical (unpaired) electrons. The van der Waals surface area contributed by atoms with Crippen LogP contribution in [-0.4, -0.2) is 11.4 Å². The van der Waals surface area contributed by atoms with Gasteiger partial charge in [0.25, 0.3) is 0 Å². The highest BCUT2D eigenvalue weighted by Crippen LogP contribution is 1.93. The zero-order chi connectivity index (χ0) is 7.00. The third kappa shape index (κ3) is 1.73. The average molecular weight is 119 g/mol. The SMILES string of the molecule is CC(N)(N)C(N)(N)N. The van der Waals surface area contributed by atoms with Crippen LogP contribution in [0.15, 0.2) is 0 Å². The Balaban J connectivity index is 4.02. The molecule has 0 bridgehead atoms. The maximum atomic E-state index is 5.22. The summed E-state index contributed by atoms with van der Waals surface area (Å²) in [6.07, 6.45) is 0. The van der Waals surface area contributed by atoms with Crippen LogP contribution in [0.25, 0.3) is 0 Å². The molecule has 0 aromatic rings. The number of nitrogens with two attached hydrogens (primary N) is 5. The Morgan fingerprint density at radius 1 is 0.875 bits per heavy atom. The first-order chi connectivity index (χ1) is 3.25. The van der Waals surface area contributed by atoms with Crippen molar-refractivity contribution >= 4 is 0 Å². The molecule has 10 N–H and O–H groups in total. The summed E-state index contributed by atoms with van der Waals surface area (Å²) in [6.45, 7) is 1.45. The summed E-state index contributed by atoms with van der Waals surface area (Å²) in [5.41, 5.74) is 24.6. The lowest BCUT2D eigenvalue weighted by molar-refractivity contribution is 0.261. The molecule has 0 amide bonds. The van der Waals surface area contributed by atoms with Crippen LogP contribution in [0.1, 0.15) is 6.92 Å². The second-order valence-electron chi connectivity index (χ2n) is 2.22. The van der Waals surface area contributed by atoms with E-state index in [1.807, 2.05) is 0 Å². The van der Waals surface area contributed by atoms with Crippen molar-refractivity contribution < 1.29 is 0 Å². The minimum atomic E-state index is -1.51. The van der Waals surface area contributed by atoms with Crippen molar-refractivity contribution in [1.82, 2.24) is 0 Å². The van der Waals surface area contributed by atoms with Gasteiger partial charge < -0.3 is 11.5 Å². The summed E-state index contributed by atoms with van der Waals surface area (Å²) in [4.78, 5) is 0. The molecule has 0 saturated heterocycles. The Bertz CT molecular complexity index is 62.7. The molecule has 0 aromatic carbocycles. The van der Waals surface area contributed by atoms with Crippen LogP contribution in [0.4, 0.5) is 0 Å². The van der Waals surface area contributed by atoms with E-state index in [0.717, 1.165) is 0 Å². The number of hydrogen-bond donors (Lipinski definition) is 5. The maximum absolute atomic E-state index is 5.22. The summed E-state index contributed by atoms with van der Waals surface area (Å²) in [7, 11) is 0. The molecule has 0 heterocycles. The normalized spacial score (nSPS) is 14.2. The maximum Gasteiger partial charge on any atom is 0.147 e. The van der Waals surface area contributed by atoms with Crippen LogP contribution in [0.5, 0.6) is 0 Å². The van der Waals surface area contributed by atoms with E-state index in [2.05, 4.69) is 0 Å². The number of rotatable bonds is 1. The van der Waals surface area contributed by atoms with Crippen LogP contribution in [0.3, 0.4) is 0 Å². The lowest BCUT2D eigenvalue weighted by atomic mass is 10.1. The van der Waals surface area contributed by atoms with Gasteiger partial charge in [0.05, 0.1) is 0 Å². The van der Waals surface area contributed by atoms with Crippen molar-refractivity contribution in [2.45, 2.75) is 18.4 Å². The Hall–Kier alpha value is -0.200. The summed E-state index contributed by atoms with van der Waals surface area (Å²) in [6, 6.07) is 0. The highest BCUT2D eigenvalue weighted by Gasteiger charge is 2.30. The molecule has 0 aliphatic heterocycles. The van der Waals surface area contributed by atoms with Gasteiger partial charge >= 0.3 is 0 Å². The van der Waals surface area contributed by atoms with Crippen molar-refractivity contribution in [3.63, 3.8) is 0 Å². The van der Waals surface area contributed by atoms with Crippen LogP contribution in [0.2, 0.25) is 0 Å². The smallest absolute Gasteiger partial charge is 0.147 e. The van der Waals surface area contributed by atoms with Crippen molar-refractivity contribution in [3.05, 3.63) is 0 Å². The lowest BCUT2D eigenvalue weighted by Crippen LogP contribution is -2.79. The molecule has 0 aliphatic carbocycles. The van der Waals surface area contributed by atoms with Gasteiger partial charge in [-0.25, -0.2) is 0 Å². The Morgan fingerprint density at radius 3 is 1.00 bits per heavy atom. The first kappa shape index (κ1) is 7.80. The van der Waals surface area contributed by atoms with Gasteiger partial charge in [0.1, 0.15) is 11.4 Å². The van der Waals surface area contributed by atoms with E-state index in [-0.39, 0.29) is 0 Å². The number of hydrogen-bond acceptors (Lipinski definition) is 5. The van der Waals surface area contributed by atoms with Gasteiger partial charge in [-0.1, -0.05) is 0 Å². The van der Waals surface area contributed by atoms with E-state index in [1.54, 1.807) is 0 Å². The van der Waals surface area contributed by atoms with E-state index in [9.17, 15) is 0 Å². The molecular formula is C3H13N5. The van der Waals surface area contributed by atoms with Crippen molar-refractivity contribution in [3.8, 4) is 0 Å². The van der Waals surface area contributed by atoms with E-state index in [0.29, 0.717) is 0 Å². The zero-order valence-corrected chi connectivity index (χ0v) is 4.89. The van der Waals surface area contributed by atoms with Gasteiger partial charge in [0.15, 0.2) is 0 Å². The molecule has 5 nitrogen and oxygen atoms in total. The second kappa shape index (κ2) is 1.64. The molecule has 50 valence electrons. The first-order valence-electron chi connectivity index (χ1n) is 2.19. The fourth-order valence-electron chi connectivity index (χ4n) is 0. The van der Waals surface area contributed by atoms with Gasteiger partial charge in [-0.15, -0.1) is 0 Å². The minimum Gasteiger partial charge on any atom is -0.310 e. The molecule has 5 heteroatoms. The minimum absolute atomic E-state index is 1.23. The molecule has 0 aromatic heterocycles. The third-order valence-corrected chi connectivity index (χ3v) is 0.933. The summed E-state index contributed by atoms with van der Waals surface area (Å²) in [5.74, 6) is -1.51. The van der Waals surface area contributed by atoms with Gasteiger partial charge in [-0.3, -0.25) is 17.2 Å². The molecule has 0 atom stereocenters.